The summed E-state index contributed by atoms with van der Waals surface area (Å²) in [6, 6.07) is 12.7. The number of ether oxygens (including phenoxy) is 1. The highest BCUT2D eigenvalue weighted by molar-refractivity contribution is 5.89. The van der Waals surface area contributed by atoms with E-state index in [1.807, 2.05) is 13.8 Å². The first-order chi connectivity index (χ1) is 18.4. The molecule has 0 fully saturated rings. The van der Waals surface area contributed by atoms with Crippen molar-refractivity contribution < 1.29 is 22.7 Å². The van der Waals surface area contributed by atoms with Gasteiger partial charge in [0.1, 0.15) is 5.60 Å². The molecule has 0 spiro atoms. The van der Waals surface area contributed by atoms with Crippen LogP contribution < -0.4 is 10.9 Å². The molecule has 0 unspecified atom stereocenters. The number of benzene rings is 2. The van der Waals surface area contributed by atoms with Crippen LogP contribution in [-0.2, 0) is 17.5 Å². The highest BCUT2D eigenvalue weighted by atomic mass is 19.4. The average Bonchev–Trinajstić information content (AvgIpc) is 2.88. The monoisotopic (exact) mass is 545 g/mol. The summed E-state index contributed by atoms with van der Waals surface area (Å²) in [5.74, 6) is -0.156. The molecule has 6 nitrogen and oxygen atoms in total. The number of carbonyl (C=O) groups is 1. The van der Waals surface area contributed by atoms with Gasteiger partial charge >= 0.3 is 12.1 Å². The van der Waals surface area contributed by atoms with Gasteiger partial charge in [-0.15, -0.1) is 0 Å². The van der Waals surface area contributed by atoms with E-state index in [1.165, 1.54) is 22.8 Å². The van der Waals surface area contributed by atoms with Gasteiger partial charge in [0, 0.05) is 18.2 Å². The lowest BCUT2D eigenvalue weighted by atomic mass is 10.1. The Bertz CT molecular complexity index is 1280. The number of rotatable bonds is 9. The average molecular weight is 546 g/mol. The molecule has 0 aliphatic carbocycles. The smallest absolute Gasteiger partial charge is 0.416 e. The van der Waals surface area contributed by atoms with Gasteiger partial charge in [-0.3, -0.25) is 9.36 Å². The van der Waals surface area contributed by atoms with Crippen LogP contribution in [-0.4, -0.2) is 27.7 Å². The minimum Gasteiger partial charge on any atom is -0.456 e. The molecule has 3 aromatic rings. The molecule has 0 saturated heterocycles. The third-order valence-electron chi connectivity index (χ3n) is 5.48. The zero-order chi connectivity index (χ0) is 29.2. The number of anilines is 1. The van der Waals surface area contributed by atoms with E-state index in [1.54, 1.807) is 45.0 Å². The number of esters is 1. The second-order valence-corrected chi connectivity index (χ2v) is 9.80. The zero-order valence-electron chi connectivity index (χ0n) is 23.5. The van der Waals surface area contributed by atoms with E-state index in [-0.39, 0.29) is 17.8 Å². The molecule has 212 valence electrons. The molecular weight excluding hydrogens is 507 g/mol. The quantitative estimate of drug-likeness (QED) is 0.222. The standard InChI is InChI=1S/C28H32F3N3O3.C2H6/c1-5-6-7-15-32-26-33-23(20-11-13-22(14-12-20)28(29,30)31)17-24(35)34(26)18-19-9-8-10-21(16-19)25(36)37-27(2,3)4;1-2/h8-14,16-17H,5-7,15,18H2,1-4H3,(H,32,33);1-2H3. The Balaban J connectivity index is 0.00000260. The zero-order valence-corrected chi connectivity index (χ0v) is 23.5. The molecule has 1 N–H and O–H groups in total. The minimum absolute atomic E-state index is 0.145. The maximum absolute atomic E-state index is 13.2. The van der Waals surface area contributed by atoms with Crippen LogP contribution in [0.5, 0.6) is 0 Å². The van der Waals surface area contributed by atoms with Gasteiger partial charge in [-0.25, -0.2) is 9.78 Å². The van der Waals surface area contributed by atoms with Crippen molar-refractivity contribution in [3.05, 3.63) is 81.6 Å². The predicted octanol–water partition coefficient (Wildman–Crippen LogP) is 7.56. The topological polar surface area (TPSA) is 73.2 Å². The van der Waals surface area contributed by atoms with Crippen LogP contribution in [0.3, 0.4) is 0 Å². The summed E-state index contributed by atoms with van der Waals surface area (Å²) in [7, 11) is 0. The van der Waals surface area contributed by atoms with Crippen molar-refractivity contribution in [2.45, 2.75) is 79.1 Å². The van der Waals surface area contributed by atoms with Crippen molar-refractivity contribution in [2.75, 3.05) is 11.9 Å². The highest BCUT2D eigenvalue weighted by Gasteiger charge is 2.30. The first-order valence-corrected chi connectivity index (χ1v) is 13.2. The number of nitrogens with one attached hydrogen (secondary N) is 1. The van der Waals surface area contributed by atoms with Gasteiger partial charge in [-0.2, -0.15) is 13.2 Å². The third-order valence-corrected chi connectivity index (χ3v) is 5.48. The number of unbranched alkanes of at least 4 members (excludes halogenated alkanes) is 2. The summed E-state index contributed by atoms with van der Waals surface area (Å²) in [5, 5.41) is 3.20. The maximum atomic E-state index is 13.2. The maximum Gasteiger partial charge on any atom is 0.416 e. The molecule has 0 saturated carbocycles. The summed E-state index contributed by atoms with van der Waals surface area (Å²) in [6.07, 6.45) is -1.57. The van der Waals surface area contributed by atoms with Gasteiger partial charge in [0.25, 0.3) is 5.56 Å². The largest absolute Gasteiger partial charge is 0.456 e. The Labute approximate surface area is 228 Å². The van der Waals surface area contributed by atoms with E-state index in [9.17, 15) is 22.8 Å². The fourth-order valence-corrected chi connectivity index (χ4v) is 3.66. The van der Waals surface area contributed by atoms with Crippen molar-refractivity contribution in [1.29, 1.82) is 0 Å². The molecule has 1 heterocycles. The van der Waals surface area contributed by atoms with Crippen LogP contribution in [0.4, 0.5) is 19.1 Å². The summed E-state index contributed by atoms with van der Waals surface area (Å²) in [6.45, 7) is 12.2. The molecule has 9 heteroatoms. The summed E-state index contributed by atoms with van der Waals surface area (Å²) < 4.78 is 45.8. The van der Waals surface area contributed by atoms with Gasteiger partial charge in [-0.05, 0) is 57.0 Å². The van der Waals surface area contributed by atoms with E-state index >= 15 is 0 Å². The van der Waals surface area contributed by atoms with Crippen LogP contribution >= 0.6 is 0 Å². The van der Waals surface area contributed by atoms with Gasteiger partial charge in [0.2, 0.25) is 5.95 Å². The molecule has 39 heavy (non-hydrogen) atoms. The van der Waals surface area contributed by atoms with E-state index in [0.29, 0.717) is 29.2 Å². The number of halogens is 3. The van der Waals surface area contributed by atoms with Gasteiger partial charge in [-0.1, -0.05) is 57.9 Å². The molecule has 3 rings (SSSR count). The fraction of sp³-hybridized carbons (Fsp3) is 0.433. The van der Waals surface area contributed by atoms with Crippen LogP contribution in [0.15, 0.2) is 59.4 Å². The number of aromatic nitrogens is 2. The molecular formula is C30H38F3N3O3. The first-order valence-electron chi connectivity index (χ1n) is 13.2. The molecule has 2 aromatic carbocycles. The normalized spacial score (nSPS) is 11.4. The molecule has 0 aliphatic heterocycles. The Morgan fingerprint density at radius 1 is 1.00 bits per heavy atom. The van der Waals surface area contributed by atoms with Gasteiger partial charge in [0.15, 0.2) is 0 Å². The van der Waals surface area contributed by atoms with E-state index in [0.717, 1.165) is 31.4 Å². The summed E-state index contributed by atoms with van der Waals surface area (Å²) in [4.78, 5) is 30.2. The lowest BCUT2D eigenvalue weighted by molar-refractivity contribution is -0.137. The molecule has 0 amide bonds. The third kappa shape index (κ3) is 9.57. The second-order valence-electron chi connectivity index (χ2n) is 9.80. The number of carbonyl (C=O) groups excluding carboxylic acids is 1. The van der Waals surface area contributed by atoms with Crippen molar-refractivity contribution in [3.63, 3.8) is 0 Å². The van der Waals surface area contributed by atoms with Crippen LogP contribution in [0.2, 0.25) is 0 Å². The lowest BCUT2D eigenvalue weighted by Gasteiger charge is -2.20. The summed E-state index contributed by atoms with van der Waals surface area (Å²) in [5.41, 5.74) is -0.0370. The van der Waals surface area contributed by atoms with Crippen molar-refractivity contribution in [2.24, 2.45) is 0 Å². The number of hydrogen-bond donors (Lipinski definition) is 1. The van der Waals surface area contributed by atoms with Gasteiger partial charge in [0.05, 0.1) is 23.4 Å². The molecule has 0 atom stereocenters. The van der Waals surface area contributed by atoms with Crippen LogP contribution in [0.25, 0.3) is 11.3 Å². The highest BCUT2D eigenvalue weighted by Crippen LogP contribution is 2.30. The van der Waals surface area contributed by atoms with E-state index in [4.69, 9.17) is 4.74 Å². The number of hydrogen-bond acceptors (Lipinski definition) is 5. The lowest BCUT2D eigenvalue weighted by Crippen LogP contribution is -2.26. The molecule has 0 aliphatic rings. The van der Waals surface area contributed by atoms with Gasteiger partial charge < -0.3 is 10.1 Å². The molecule has 0 radical (unpaired) electrons. The van der Waals surface area contributed by atoms with Crippen LogP contribution in [0, 0.1) is 0 Å². The Hall–Kier alpha value is -3.62. The fourth-order valence-electron chi connectivity index (χ4n) is 3.66. The van der Waals surface area contributed by atoms with Crippen molar-refractivity contribution in [3.8, 4) is 11.3 Å². The van der Waals surface area contributed by atoms with Crippen LogP contribution in [0.1, 0.15) is 82.3 Å². The number of nitrogens with zero attached hydrogens (tertiary/aromatic N) is 2. The molecule has 1 aromatic heterocycles. The van der Waals surface area contributed by atoms with Crippen molar-refractivity contribution >= 4 is 11.9 Å². The second kappa shape index (κ2) is 14.0. The Morgan fingerprint density at radius 3 is 2.26 bits per heavy atom. The predicted molar refractivity (Wildman–Crippen MR) is 149 cm³/mol. The van der Waals surface area contributed by atoms with E-state index in [2.05, 4.69) is 17.2 Å². The SMILES string of the molecule is CC.CCCCCNc1nc(-c2ccc(C(F)(F)F)cc2)cc(=O)n1Cc1cccc(C(=O)OC(C)(C)C)c1. The molecule has 0 bridgehead atoms. The number of alkyl halides is 3. The van der Waals surface area contributed by atoms with E-state index < -0.39 is 23.3 Å². The Morgan fingerprint density at radius 2 is 1.67 bits per heavy atom. The minimum atomic E-state index is -4.45. The summed E-state index contributed by atoms with van der Waals surface area (Å²) >= 11 is 0. The van der Waals surface area contributed by atoms with Crippen molar-refractivity contribution in [1.82, 2.24) is 9.55 Å². The first kappa shape index (κ1) is 31.6. The Kier molecular flexibility index (Phi) is 11.3.